The van der Waals surface area contributed by atoms with Gasteiger partial charge >= 0.3 is 0 Å². The summed E-state index contributed by atoms with van der Waals surface area (Å²) in [6, 6.07) is 28.0. The van der Waals surface area contributed by atoms with Gasteiger partial charge < -0.3 is 0 Å². The van der Waals surface area contributed by atoms with Crippen molar-refractivity contribution in [1.29, 1.82) is 0 Å². The monoisotopic (exact) mass is 535 g/mol. The number of halogens is 3. The Morgan fingerprint density at radius 1 is 0.711 bits per heavy atom. The van der Waals surface area contributed by atoms with Crippen LogP contribution in [0.1, 0.15) is 36.8 Å². The highest BCUT2D eigenvalue weighted by Gasteiger charge is 2.20. The molecule has 196 valence electrons. The predicted octanol–water partition coefficient (Wildman–Crippen LogP) is 7.81. The van der Waals surface area contributed by atoms with Crippen LogP contribution in [0.25, 0.3) is 22.3 Å². The van der Waals surface area contributed by atoms with Crippen molar-refractivity contribution in [3.63, 3.8) is 0 Å². The van der Waals surface area contributed by atoms with Gasteiger partial charge in [-0.05, 0) is 52.9 Å². The van der Waals surface area contributed by atoms with Gasteiger partial charge in [-0.25, -0.2) is 13.8 Å². The molecule has 0 saturated heterocycles. The molecule has 0 aliphatic rings. The van der Waals surface area contributed by atoms with Crippen LogP contribution in [0.2, 0.25) is 0 Å². The van der Waals surface area contributed by atoms with Gasteiger partial charge in [0.1, 0.15) is 11.6 Å². The molecule has 4 aromatic carbocycles. The molecule has 4 rings (SSSR count). The van der Waals surface area contributed by atoms with E-state index < -0.39 is 23.0 Å². The molecule has 0 aliphatic carbocycles. The Hall–Kier alpha value is -3.87. The van der Waals surface area contributed by atoms with Crippen molar-refractivity contribution in [2.75, 3.05) is 7.05 Å². The van der Waals surface area contributed by atoms with Gasteiger partial charge in [0.25, 0.3) is 5.91 Å². The van der Waals surface area contributed by atoms with Gasteiger partial charge in [0, 0.05) is 18.2 Å². The van der Waals surface area contributed by atoms with Gasteiger partial charge in [-0.1, -0.05) is 91.9 Å². The molecule has 1 amide bonds. The highest BCUT2D eigenvalue weighted by Crippen LogP contribution is 2.28. The van der Waals surface area contributed by atoms with Crippen molar-refractivity contribution < 1.29 is 23.6 Å². The van der Waals surface area contributed by atoms with Gasteiger partial charge in [-0.15, -0.1) is 0 Å². The number of likely N-dealkylation sites (N-methyl/N-ethyl adjacent to an activating group) is 1. The first kappa shape index (κ1) is 28.7. The fourth-order valence-corrected chi connectivity index (χ4v) is 3.98. The van der Waals surface area contributed by atoms with Crippen LogP contribution in [0.15, 0.2) is 97.1 Å². The van der Waals surface area contributed by atoms with E-state index in [1.165, 1.54) is 19.2 Å². The largest absolute Gasteiger partial charge is 0.286 e. The lowest BCUT2D eigenvalue weighted by Crippen LogP contribution is -2.27. The standard InChI is InChI=1S/C16H16FNO2.C15H12ClFO/c1-11(16(19)18(2)20)13-8-9-14(15(17)10-13)12-6-4-3-5-7-12;1-10(15(16)18)12-7-8-13(14(17)9-12)11-5-3-2-4-6-11/h3-11,20H,1-2H3;2-10H,1H3. The molecule has 0 aliphatic heterocycles. The Balaban J connectivity index is 0.000000212. The molecular formula is C31H28ClF2NO3. The Labute approximate surface area is 226 Å². The first-order valence-electron chi connectivity index (χ1n) is 12.0. The van der Waals surface area contributed by atoms with Crippen LogP contribution in [0.3, 0.4) is 0 Å². The Bertz CT molecular complexity index is 1400. The second-order valence-electron chi connectivity index (χ2n) is 8.82. The van der Waals surface area contributed by atoms with E-state index in [4.69, 9.17) is 16.8 Å². The van der Waals surface area contributed by atoms with Gasteiger partial charge in [0.05, 0.1) is 11.8 Å². The summed E-state index contributed by atoms with van der Waals surface area (Å²) in [5, 5.41) is 9.18. The quantitative estimate of drug-likeness (QED) is 0.156. The molecule has 0 spiro atoms. The number of nitrogens with zero attached hydrogens (tertiary/aromatic N) is 1. The summed E-state index contributed by atoms with van der Waals surface area (Å²) < 4.78 is 28.2. The SMILES string of the molecule is CC(C(=O)Cl)c1ccc(-c2ccccc2)c(F)c1.CC(C(=O)N(C)O)c1ccc(-c2ccccc2)c(F)c1. The topological polar surface area (TPSA) is 57.6 Å². The van der Waals surface area contributed by atoms with Crippen LogP contribution in [-0.2, 0) is 9.59 Å². The number of benzene rings is 4. The van der Waals surface area contributed by atoms with E-state index in [9.17, 15) is 18.4 Å². The molecule has 0 bridgehead atoms. The van der Waals surface area contributed by atoms with E-state index >= 15 is 0 Å². The third-order valence-electron chi connectivity index (χ3n) is 6.19. The Morgan fingerprint density at radius 3 is 1.45 bits per heavy atom. The van der Waals surface area contributed by atoms with E-state index in [-0.39, 0.29) is 11.6 Å². The molecule has 7 heteroatoms. The van der Waals surface area contributed by atoms with Gasteiger partial charge in [-0.3, -0.25) is 14.8 Å². The molecule has 1 N–H and O–H groups in total. The molecule has 0 fully saturated rings. The maximum atomic E-state index is 14.2. The number of hydroxylamine groups is 2. The first-order valence-corrected chi connectivity index (χ1v) is 12.3. The van der Waals surface area contributed by atoms with Gasteiger partial charge in [0.2, 0.25) is 5.24 Å². The second kappa shape index (κ2) is 13.1. The Morgan fingerprint density at radius 2 is 1.11 bits per heavy atom. The number of hydrogen-bond donors (Lipinski definition) is 1. The highest BCUT2D eigenvalue weighted by molar-refractivity contribution is 6.64. The molecule has 2 unspecified atom stereocenters. The van der Waals surface area contributed by atoms with E-state index in [1.54, 1.807) is 38.1 Å². The zero-order valence-electron chi connectivity index (χ0n) is 21.2. The zero-order valence-corrected chi connectivity index (χ0v) is 22.0. The fourth-order valence-electron chi connectivity index (χ4n) is 3.86. The van der Waals surface area contributed by atoms with E-state index in [0.717, 1.165) is 11.1 Å². The smallest absolute Gasteiger partial charge is 0.252 e. The normalized spacial score (nSPS) is 12.1. The number of rotatable bonds is 6. The van der Waals surface area contributed by atoms with Crippen molar-refractivity contribution in [2.24, 2.45) is 0 Å². The van der Waals surface area contributed by atoms with E-state index in [0.29, 0.717) is 27.3 Å². The predicted molar refractivity (Wildman–Crippen MR) is 146 cm³/mol. The van der Waals surface area contributed by atoms with Crippen LogP contribution in [0.5, 0.6) is 0 Å². The van der Waals surface area contributed by atoms with E-state index in [2.05, 4.69) is 0 Å². The molecule has 4 aromatic rings. The minimum atomic E-state index is -0.593. The summed E-state index contributed by atoms with van der Waals surface area (Å²) in [5.41, 5.74) is 3.74. The first-order chi connectivity index (χ1) is 18.1. The lowest BCUT2D eigenvalue weighted by molar-refractivity contribution is -0.160. The van der Waals surface area contributed by atoms with Crippen molar-refractivity contribution in [3.05, 3.63) is 120 Å². The summed E-state index contributed by atoms with van der Waals surface area (Å²) in [4.78, 5) is 22.7. The number of hydrogen-bond acceptors (Lipinski definition) is 3. The average molecular weight is 536 g/mol. The number of amides is 1. The summed E-state index contributed by atoms with van der Waals surface area (Å²) in [6.07, 6.45) is 0. The molecule has 0 radical (unpaired) electrons. The van der Waals surface area contributed by atoms with E-state index in [1.807, 2.05) is 60.7 Å². The van der Waals surface area contributed by atoms with Crippen LogP contribution < -0.4 is 0 Å². The van der Waals surface area contributed by atoms with Crippen molar-refractivity contribution in [2.45, 2.75) is 25.7 Å². The summed E-state index contributed by atoms with van der Waals surface area (Å²) in [5.74, 6) is -2.29. The summed E-state index contributed by atoms with van der Waals surface area (Å²) in [6.45, 7) is 3.29. The lowest BCUT2D eigenvalue weighted by atomic mass is 9.96. The zero-order chi connectivity index (χ0) is 27.8. The maximum Gasteiger partial charge on any atom is 0.252 e. The molecule has 0 saturated carbocycles. The highest BCUT2D eigenvalue weighted by atomic mass is 35.5. The third-order valence-corrected chi connectivity index (χ3v) is 6.51. The minimum absolute atomic E-state index is 0.344. The van der Waals surface area contributed by atoms with Crippen LogP contribution >= 0.6 is 11.6 Å². The second-order valence-corrected chi connectivity index (χ2v) is 9.19. The van der Waals surface area contributed by atoms with Crippen LogP contribution in [0, 0.1) is 11.6 Å². The maximum absolute atomic E-state index is 14.2. The summed E-state index contributed by atoms with van der Waals surface area (Å²) in [7, 11) is 1.26. The molecule has 2 atom stereocenters. The van der Waals surface area contributed by atoms with Crippen molar-refractivity contribution >= 4 is 22.8 Å². The third kappa shape index (κ3) is 7.12. The number of carbonyl (C=O) groups is 2. The lowest BCUT2D eigenvalue weighted by Gasteiger charge is -2.16. The molecule has 38 heavy (non-hydrogen) atoms. The molecular weight excluding hydrogens is 508 g/mol. The minimum Gasteiger partial charge on any atom is -0.286 e. The van der Waals surface area contributed by atoms with Crippen molar-refractivity contribution in [1.82, 2.24) is 5.06 Å². The number of carbonyl (C=O) groups excluding carboxylic acids is 2. The van der Waals surface area contributed by atoms with Crippen LogP contribution in [-0.4, -0.2) is 28.5 Å². The van der Waals surface area contributed by atoms with Gasteiger partial charge in [-0.2, -0.15) is 0 Å². The fraction of sp³-hybridized carbons (Fsp3) is 0.161. The van der Waals surface area contributed by atoms with Gasteiger partial charge in [0.15, 0.2) is 0 Å². The molecule has 4 nitrogen and oxygen atoms in total. The van der Waals surface area contributed by atoms with Crippen LogP contribution in [0.4, 0.5) is 8.78 Å². The molecule has 0 aromatic heterocycles. The molecule has 0 heterocycles. The average Bonchev–Trinajstić information content (AvgIpc) is 2.92. The van der Waals surface area contributed by atoms with Crippen molar-refractivity contribution in [3.8, 4) is 22.3 Å². The summed E-state index contributed by atoms with van der Waals surface area (Å²) >= 11 is 5.41. The Kier molecular flexibility index (Phi) is 9.88.